The summed E-state index contributed by atoms with van der Waals surface area (Å²) < 4.78 is 0. The van der Waals surface area contributed by atoms with E-state index >= 15 is 0 Å². The minimum absolute atomic E-state index is 0.0188. The maximum Gasteiger partial charge on any atom is 0.311 e. The number of aliphatic carboxylic acids is 2. The molecular formula is C16H28O4. The summed E-state index contributed by atoms with van der Waals surface area (Å²) in [5, 5.41) is 19.8. The first-order valence-electron chi connectivity index (χ1n) is 7.89. The van der Waals surface area contributed by atoms with Crippen molar-refractivity contribution in [1.82, 2.24) is 0 Å². The van der Waals surface area contributed by atoms with E-state index in [-0.39, 0.29) is 5.92 Å². The SMILES string of the molecule is CCC(CC)(C(=O)O)C(CC)(C(=O)O)C1CCCCC1. The van der Waals surface area contributed by atoms with Gasteiger partial charge in [-0.05, 0) is 38.0 Å². The quantitative estimate of drug-likeness (QED) is 0.742. The van der Waals surface area contributed by atoms with Crippen LogP contribution in [0.4, 0.5) is 0 Å². The monoisotopic (exact) mass is 284 g/mol. The predicted molar refractivity (Wildman–Crippen MR) is 77.6 cm³/mol. The topological polar surface area (TPSA) is 74.6 Å². The van der Waals surface area contributed by atoms with Crippen LogP contribution in [0.2, 0.25) is 0 Å². The first kappa shape index (κ1) is 17.0. The second-order valence-electron chi connectivity index (χ2n) is 6.06. The number of hydrogen-bond acceptors (Lipinski definition) is 2. The molecule has 0 saturated heterocycles. The van der Waals surface area contributed by atoms with Gasteiger partial charge in [0.05, 0.1) is 10.8 Å². The van der Waals surface area contributed by atoms with E-state index in [2.05, 4.69) is 0 Å². The molecule has 1 saturated carbocycles. The number of rotatable bonds is 7. The maximum atomic E-state index is 12.2. The molecule has 0 heterocycles. The summed E-state index contributed by atoms with van der Waals surface area (Å²) in [7, 11) is 0. The third-order valence-corrected chi connectivity index (χ3v) is 5.71. The van der Waals surface area contributed by atoms with Crippen molar-refractivity contribution in [1.29, 1.82) is 0 Å². The molecule has 116 valence electrons. The lowest BCUT2D eigenvalue weighted by atomic mass is 9.51. The zero-order valence-corrected chi connectivity index (χ0v) is 12.9. The Kier molecular flexibility index (Phi) is 5.60. The van der Waals surface area contributed by atoms with E-state index in [1.54, 1.807) is 0 Å². The van der Waals surface area contributed by atoms with Gasteiger partial charge < -0.3 is 10.2 Å². The smallest absolute Gasteiger partial charge is 0.311 e. The molecule has 0 aromatic rings. The fourth-order valence-corrected chi connectivity index (χ4v) is 4.52. The van der Waals surface area contributed by atoms with Gasteiger partial charge in [-0.25, -0.2) is 0 Å². The van der Waals surface area contributed by atoms with Crippen LogP contribution in [-0.2, 0) is 9.59 Å². The predicted octanol–water partition coefficient (Wildman–Crippen LogP) is 3.94. The summed E-state index contributed by atoms with van der Waals surface area (Å²) in [5.74, 6) is -1.88. The van der Waals surface area contributed by atoms with Crippen molar-refractivity contribution in [2.24, 2.45) is 16.7 Å². The highest BCUT2D eigenvalue weighted by molar-refractivity contribution is 5.87. The van der Waals surface area contributed by atoms with E-state index in [0.29, 0.717) is 19.3 Å². The molecule has 0 bridgehead atoms. The first-order valence-corrected chi connectivity index (χ1v) is 7.89. The Bertz CT molecular complexity index is 353. The zero-order chi connectivity index (χ0) is 15.4. The highest BCUT2D eigenvalue weighted by Crippen LogP contribution is 2.56. The Morgan fingerprint density at radius 1 is 0.900 bits per heavy atom. The molecular weight excluding hydrogens is 256 g/mol. The van der Waals surface area contributed by atoms with Gasteiger partial charge in [0.1, 0.15) is 0 Å². The molecule has 0 spiro atoms. The van der Waals surface area contributed by atoms with Gasteiger partial charge in [0.25, 0.3) is 0 Å². The third-order valence-electron chi connectivity index (χ3n) is 5.71. The molecule has 4 heteroatoms. The Morgan fingerprint density at radius 3 is 1.70 bits per heavy atom. The second kappa shape index (κ2) is 6.59. The average molecular weight is 284 g/mol. The van der Waals surface area contributed by atoms with Gasteiger partial charge in [-0.15, -0.1) is 0 Å². The molecule has 20 heavy (non-hydrogen) atoms. The first-order chi connectivity index (χ1) is 9.42. The largest absolute Gasteiger partial charge is 0.481 e. The Balaban J connectivity index is 3.41. The van der Waals surface area contributed by atoms with Crippen LogP contribution in [0, 0.1) is 16.7 Å². The van der Waals surface area contributed by atoms with Crippen LogP contribution in [0.25, 0.3) is 0 Å². The van der Waals surface area contributed by atoms with E-state index in [9.17, 15) is 19.8 Å². The van der Waals surface area contributed by atoms with Crippen LogP contribution < -0.4 is 0 Å². The van der Waals surface area contributed by atoms with E-state index in [1.165, 1.54) is 0 Å². The van der Waals surface area contributed by atoms with Crippen molar-refractivity contribution in [2.45, 2.75) is 72.1 Å². The highest BCUT2D eigenvalue weighted by atomic mass is 16.4. The van der Waals surface area contributed by atoms with E-state index in [4.69, 9.17) is 0 Å². The van der Waals surface area contributed by atoms with Crippen molar-refractivity contribution < 1.29 is 19.8 Å². The second-order valence-corrected chi connectivity index (χ2v) is 6.06. The normalized spacial score (nSPS) is 20.4. The maximum absolute atomic E-state index is 12.2. The fourth-order valence-electron chi connectivity index (χ4n) is 4.52. The molecule has 0 aliphatic heterocycles. The molecule has 1 atom stereocenters. The molecule has 1 unspecified atom stereocenters. The van der Waals surface area contributed by atoms with Crippen molar-refractivity contribution in [3.8, 4) is 0 Å². The summed E-state index contributed by atoms with van der Waals surface area (Å²) in [4.78, 5) is 24.1. The van der Waals surface area contributed by atoms with Gasteiger partial charge in [0, 0.05) is 0 Å². The van der Waals surface area contributed by atoms with Gasteiger partial charge in [0.15, 0.2) is 0 Å². The number of carboxylic acids is 2. The molecule has 2 N–H and O–H groups in total. The number of carboxylic acid groups (broad SMARTS) is 2. The van der Waals surface area contributed by atoms with Crippen LogP contribution >= 0.6 is 0 Å². The lowest BCUT2D eigenvalue weighted by Crippen LogP contribution is -2.56. The van der Waals surface area contributed by atoms with E-state index < -0.39 is 22.8 Å². The average Bonchev–Trinajstić information content (AvgIpc) is 2.45. The summed E-state index contributed by atoms with van der Waals surface area (Å²) in [6, 6.07) is 0. The molecule has 0 amide bonds. The zero-order valence-electron chi connectivity index (χ0n) is 12.9. The van der Waals surface area contributed by atoms with Gasteiger partial charge in [-0.3, -0.25) is 9.59 Å². The van der Waals surface area contributed by atoms with Gasteiger partial charge in [0.2, 0.25) is 0 Å². The lowest BCUT2D eigenvalue weighted by molar-refractivity contribution is -0.184. The standard InChI is InChI=1S/C16H28O4/c1-4-15(5-2,13(17)18)16(6-3,14(19)20)12-10-8-7-9-11-12/h12H,4-11H2,1-3H3,(H,17,18)(H,19,20). The van der Waals surface area contributed by atoms with Crippen LogP contribution in [0.1, 0.15) is 72.1 Å². The molecule has 0 aromatic carbocycles. The summed E-state index contributed by atoms with van der Waals surface area (Å²) in [6.07, 6.45) is 5.98. The van der Waals surface area contributed by atoms with Crippen LogP contribution in [-0.4, -0.2) is 22.2 Å². The van der Waals surface area contributed by atoms with Crippen LogP contribution in [0.15, 0.2) is 0 Å². The third kappa shape index (κ3) is 2.33. The molecule has 0 aromatic heterocycles. The Morgan fingerprint density at radius 2 is 1.40 bits per heavy atom. The summed E-state index contributed by atoms with van der Waals surface area (Å²) in [6.45, 7) is 5.47. The molecule has 4 nitrogen and oxygen atoms in total. The molecule has 0 radical (unpaired) electrons. The minimum Gasteiger partial charge on any atom is -0.481 e. The number of carbonyl (C=O) groups is 2. The van der Waals surface area contributed by atoms with E-state index in [0.717, 1.165) is 32.1 Å². The van der Waals surface area contributed by atoms with Crippen molar-refractivity contribution in [2.75, 3.05) is 0 Å². The summed E-state index contributed by atoms with van der Waals surface area (Å²) >= 11 is 0. The van der Waals surface area contributed by atoms with Gasteiger partial charge in [-0.2, -0.15) is 0 Å². The van der Waals surface area contributed by atoms with E-state index in [1.807, 2.05) is 20.8 Å². The molecule has 1 rings (SSSR count). The molecule has 1 fully saturated rings. The lowest BCUT2D eigenvalue weighted by Gasteiger charge is -2.49. The highest BCUT2D eigenvalue weighted by Gasteiger charge is 2.61. The molecule has 1 aliphatic rings. The van der Waals surface area contributed by atoms with Crippen LogP contribution in [0.3, 0.4) is 0 Å². The van der Waals surface area contributed by atoms with Crippen LogP contribution in [0.5, 0.6) is 0 Å². The molecule has 1 aliphatic carbocycles. The minimum atomic E-state index is -1.16. The Labute approximate surface area is 121 Å². The summed E-state index contributed by atoms with van der Waals surface area (Å²) in [5.41, 5.74) is -2.29. The van der Waals surface area contributed by atoms with Gasteiger partial charge in [-0.1, -0.05) is 40.0 Å². The van der Waals surface area contributed by atoms with Crippen molar-refractivity contribution in [3.63, 3.8) is 0 Å². The fraction of sp³-hybridized carbons (Fsp3) is 0.875. The van der Waals surface area contributed by atoms with Crippen molar-refractivity contribution >= 4 is 11.9 Å². The Hall–Kier alpha value is -1.06. The number of hydrogen-bond donors (Lipinski definition) is 2. The van der Waals surface area contributed by atoms with Gasteiger partial charge >= 0.3 is 11.9 Å². The van der Waals surface area contributed by atoms with Crippen molar-refractivity contribution in [3.05, 3.63) is 0 Å².